The fraction of sp³-hybridized carbons (Fsp3) is 0.562. The monoisotopic (exact) mass is 307 g/mol. The van der Waals surface area contributed by atoms with Crippen LogP contribution in [0, 0.1) is 0 Å². The Kier molecular flexibility index (Phi) is 4.70. The van der Waals surface area contributed by atoms with Crippen LogP contribution in [0.5, 0.6) is 0 Å². The van der Waals surface area contributed by atoms with Crippen LogP contribution in [0.25, 0.3) is 0 Å². The Morgan fingerprint density at radius 1 is 1.24 bits per heavy atom. The van der Waals surface area contributed by atoms with Crippen LogP contribution in [0.15, 0.2) is 35.2 Å². The van der Waals surface area contributed by atoms with E-state index in [1.807, 2.05) is 42.2 Å². The number of carbonyl (C=O) groups excluding carboxylic acids is 1. The normalized spacial score (nSPS) is 27.7. The van der Waals surface area contributed by atoms with E-state index in [1.165, 1.54) is 12.0 Å². The molecule has 2 aliphatic rings. The minimum absolute atomic E-state index is 0.154. The highest BCUT2D eigenvalue weighted by molar-refractivity contribution is 7.94. The highest BCUT2D eigenvalue weighted by Gasteiger charge is 2.44. The van der Waals surface area contributed by atoms with Crippen molar-refractivity contribution in [3.63, 3.8) is 0 Å². The molecule has 0 N–H and O–H groups in total. The summed E-state index contributed by atoms with van der Waals surface area (Å²) in [5.41, 5.74) is 0. The van der Waals surface area contributed by atoms with E-state index >= 15 is 0 Å². The fourth-order valence-corrected chi connectivity index (χ4v) is 3.97. The van der Waals surface area contributed by atoms with Gasteiger partial charge in [-0.1, -0.05) is 18.2 Å². The van der Waals surface area contributed by atoms with Crippen molar-refractivity contribution in [3.05, 3.63) is 30.3 Å². The van der Waals surface area contributed by atoms with Gasteiger partial charge in [-0.15, -0.1) is 0 Å². The molecular formula is C16H21NO3S. The SMILES string of the molecule is CCOC(=O)N1[C@@H]2CC[C@H]1CC(OSc1ccccc1)C2. The van der Waals surface area contributed by atoms with E-state index in [2.05, 4.69) is 0 Å². The van der Waals surface area contributed by atoms with Crippen LogP contribution in [-0.2, 0) is 8.92 Å². The molecule has 3 rings (SSSR count). The molecule has 2 fully saturated rings. The quantitative estimate of drug-likeness (QED) is 0.792. The molecule has 2 aliphatic heterocycles. The van der Waals surface area contributed by atoms with E-state index < -0.39 is 0 Å². The lowest BCUT2D eigenvalue weighted by Gasteiger charge is -2.37. The number of piperidine rings is 1. The molecule has 2 heterocycles. The summed E-state index contributed by atoms with van der Waals surface area (Å²) in [6, 6.07) is 10.7. The third-order valence-corrected chi connectivity index (χ3v) is 5.03. The van der Waals surface area contributed by atoms with Crippen molar-refractivity contribution < 1.29 is 13.7 Å². The molecule has 114 valence electrons. The minimum atomic E-state index is -0.154. The van der Waals surface area contributed by atoms with Crippen LogP contribution >= 0.6 is 12.0 Å². The second-order valence-electron chi connectivity index (χ2n) is 5.58. The summed E-state index contributed by atoms with van der Waals surface area (Å²) in [7, 11) is 0. The van der Waals surface area contributed by atoms with Crippen molar-refractivity contribution in [3.8, 4) is 0 Å². The largest absolute Gasteiger partial charge is 0.450 e. The highest BCUT2D eigenvalue weighted by Crippen LogP contribution is 2.39. The summed E-state index contributed by atoms with van der Waals surface area (Å²) in [6.07, 6.45) is 4.03. The average molecular weight is 307 g/mol. The van der Waals surface area contributed by atoms with Crippen LogP contribution in [0.2, 0.25) is 0 Å². The van der Waals surface area contributed by atoms with Crippen molar-refractivity contribution in [2.24, 2.45) is 0 Å². The molecule has 21 heavy (non-hydrogen) atoms. The van der Waals surface area contributed by atoms with E-state index in [0.717, 1.165) is 30.6 Å². The second-order valence-corrected chi connectivity index (χ2v) is 6.41. The van der Waals surface area contributed by atoms with Crippen molar-refractivity contribution in [2.45, 2.75) is 55.7 Å². The van der Waals surface area contributed by atoms with Gasteiger partial charge in [-0.25, -0.2) is 4.79 Å². The van der Waals surface area contributed by atoms with E-state index in [9.17, 15) is 4.79 Å². The minimum Gasteiger partial charge on any atom is -0.450 e. The first-order valence-electron chi connectivity index (χ1n) is 7.61. The number of amides is 1. The molecule has 2 saturated heterocycles. The third kappa shape index (κ3) is 3.35. The van der Waals surface area contributed by atoms with Crippen LogP contribution in [0.3, 0.4) is 0 Å². The zero-order valence-corrected chi connectivity index (χ0v) is 13.1. The lowest BCUT2D eigenvalue weighted by molar-refractivity contribution is 0.0415. The number of hydrogen-bond donors (Lipinski definition) is 0. The first-order valence-corrected chi connectivity index (χ1v) is 8.35. The number of benzene rings is 1. The molecule has 1 amide bonds. The lowest BCUT2D eigenvalue weighted by Crippen LogP contribution is -2.48. The summed E-state index contributed by atoms with van der Waals surface area (Å²) in [4.78, 5) is 15.1. The van der Waals surface area contributed by atoms with Gasteiger partial charge in [0.2, 0.25) is 0 Å². The topological polar surface area (TPSA) is 38.8 Å². The van der Waals surface area contributed by atoms with Crippen molar-refractivity contribution in [2.75, 3.05) is 6.61 Å². The number of fused-ring (bicyclic) bond motifs is 2. The van der Waals surface area contributed by atoms with Gasteiger partial charge in [0, 0.05) is 29.0 Å². The van der Waals surface area contributed by atoms with Crippen LogP contribution in [0.4, 0.5) is 4.79 Å². The Balaban J connectivity index is 1.55. The van der Waals surface area contributed by atoms with E-state index in [0.29, 0.717) is 6.61 Å². The summed E-state index contributed by atoms with van der Waals surface area (Å²) in [5.74, 6) is 0. The van der Waals surface area contributed by atoms with Gasteiger partial charge in [0.05, 0.1) is 12.7 Å². The number of carbonyl (C=O) groups is 1. The third-order valence-electron chi connectivity index (χ3n) is 4.19. The van der Waals surface area contributed by atoms with Gasteiger partial charge in [0.25, 0.3) is 0 Å². The fourth-order valence-electron chi connectivity index (χ4n) is 3.30. The molecule has 3 atom stereocenters. The molecule has 5 heteroatoms. The Labute approximate surface area is 130 Å². The summed E-state index contributed by atoms with van der Waals surface area (Å²) >= 11 is 1.44. The molecule has 0 saturated carbocycles. The maximum Gasteiger partial charge on any atom is 0.410 e. The van der Waals surface area contributed by atoms with Crippen LogP contribution in [0.1, 0.15) is 32.6 Å². The van der Waals surface area contributed by atoms with Gasteiger partial charge in [0.15, 0.2) is 0 Å². The Bertz CT molecular complexity index is 468. The number of rotatable bonds is 4. The predicted octanol–water partition coefficient (Wildman–Crippen LogP) is 3.86. The Morgan fingerprint density at radius 3 is 2.52 bits per heavy atom. The van der Waals surface area contributed by atoms with E-state index in [4.69, 9.17) is 8.92 Å². The molecule has 0 spiro atoms. The molecule has 4 nitrogen and oxygen atoms in total. The van der Waals surface area contributed by atoms with E-state index in [1.54, 1.807) is 0 Å². The zero-order chi connectivity index (χ0) is 14.7. The summed E-state index contributed by atoms with van der Waals surface area (Å²) < 4.78 is 11.1. The van der Waals surface area contributed by atoms with Crippen molar-refractivity contribution in [1.82, 2.24) is 4.90 Å². The maximum atomic E-state index is 12.0. The summed E-state index contributed by atoms with van der Waals surface area (Å²) in [5, 5.41) is 0. The molecular weight excluding hydrogens is 286 g/mol. The number of ether oxygens (including phenoxy) is 1. The van der Waals surface area contributed by atoms with Gasteiger partial charge in [0.1, 0.15) is 0 Å². The van der Waals surface area contributed by atoms with Crippen LogP contribution in [-0.4, -0.2) is 35.8 Å². The summed E-state index contributed by atoms with van der Waals surface area (Å²) in [6.45, 7) is 2.30. The highest BCUT2D eigenvalue weighted by atomic mass is 32.2. The molecule has 2 bridgehead atoms. The Morgan fingerprint density at radius 2 is 1.90 bits per heavy atom. The van der Waals surface area contributed by atoms with Gasteiger partial charge in [-0.3, -0.25) is 0 Å². The van der Waals surface area contributed by atoms with E-state index in [-0.39, 0.29) is 24.3 Å². The van der Waals surface area contributed by atoms with Gasteiger partial charge in [-0.05, 0) is 44.7 Å². The first-order chi connectivity index (χ1) is 10.3. The molecule has 0 aliphatic carbocycles. The lowest BCUT2D eigenvalue weighted by atomic mass is 10.0. The number of hydrogen-bond acceptors (Lipinski definition) is 4. The molecule has 1 aromatic rings. The van der Waals surface area contributed by atoms with Crippen molar-refractivity contribution >= 4 is 18.1 Å². The van der Waals surface area contributed by atoms with Crippen LogP contribution < -0.4 is 0 Å². The Hall–Kier alpha value is -1.20. The molecule has 1 aromatic carbocycles. The standard InChI is InChI=1S/C16H21NO3S/c1-2-19-16(18)17-12-8-9-13(17)11-14(10-12)20-21-15-6-4-3-5-7-15/h3-7,12-14H,2,8-11H2,1H3/t12-,13+,14?. The average Bonchev–Trinajstić information content (AvgIpc) is 2.78. The first kappa shape index (κ1) is 14.7. The van der Waals surface area contributed by atoms with Gasteiger partial charge < -0.3 is 13.8 Å². The van der Waals surface area contributed by atoms with Gasteiger partial charge in [-0.2, -0.15) is 0 Å². The number of nitrogens with zero attached hydrogens (tertiary/aromatic N) is 1. The smallest absolute Gasteiger partial charge is 0.410 e. The molecule has 0 radical (unpaired) electrons. The van der Waals surface area contributed by atoms with Gasteiger partial charge >= 0.3 is 6.09 Å². The maximum absolute atomic E-state index is 12.0. The zero-order valence-electron chi connectivity index (χ0n) is 12.2. The molecule has 1 unspecified atom stereocenters. The predicted molar refractivity (Wildman–Crippen MR) is 82.1 cm³/mol. The molecule has 0 aromatic heterocycles. The second kappa shape index (κ2) is 6.71. The van der Waals surface area contributed by atoms with Crippen molar-refractivity contribution in [1.29, 1.82) is 0 Å².